The molecule has 0 spiro atoms. The highest BCUT2D eigenvalue weighted by atomic mass is 32.2. The Kier molecular flexibility index (Phi) is 3.95. The summed E-state index contributed by atoms with van der Waals surface area (Å²) in [5.41, 5.74) is 6.87. The predicted octanol–water partition coefficient (Wildman–Crippen LogP) is 1.98. The molecule has 16 heavy (non-hydrogen) atoms. The van der Waals surface area contributed by atoms with Gasteiger partial charge < -0.3 is 10.2 Å². The van der Waals surface area contributed by atoms with E-state index in [1.54, 1.807) is 0 Å². The van der Waals surface area contributed by atoms with E-state index in [1.807, 2.05) is 18.7 Å². The summed E-state index contributed by atoms with van der Waals surface area (Å²) in [5.74, 6) is 4.39. The van der Waals surface area contributed by atoms with E-state index in [2.05, 4.69) is 17.9 Å². The fourth-order valence-corrected chi connectivity index (χ4v) is 3.14. The third-order valence-electron chi connectivity index (χ3n) is 3.15. The van der Waals surface area contributed by atoms with Gasteiger partial charge in [-0.2, -0.15) is 11.8 Å². The minimum absolute atomic E-state index is 0.492. The maximum atomic E-state index is 5.58. The first-order valence-electron chi connectivity index (χ1n) is 5.80. The van der Waals surface area contributed by atoms with E-state index in [-0.39, 0.29) is 0 Å². The van der Waals surface area contributed by atoms with Gasteiger partial charge in [0, 0.05) is 36.2 Å². The highest BCUT2D eigenvalue weighted by Crippen LogP contribution is 2.21. The second-order valence-electron chi connectivity index (χ2n) is 4.39. The van der Waals surface area contributed by atoms with Gasteiger partial charge in [-0.05, 0) is 19.9 Å². The van der Waals surface area contributed by atoms with Gasteiger partial charge in [-0.25, -0.2) is 0 Å². The third-order valence-corrected chi connectivity index (χ3v) is 4.34. The van der Waals surface area contributed by atoms with Crippen molar-refractivity contribution in [2.75, 3.05) is 18.1 Å². The van der Waals surface area contributed by atoms with Crippen molar-refractivity contribution in [3.63, 3.8) is 0 Å². The van der Waals surface area contributed by atoms with Crippen LogP contribution in [0.2, 0.25) is 0 Å². The molecule has 1 aromatic heterocycles. The lowest BCUT2D eigenvalue weighted by molar-refractivity contribution is 0.222. The highest BCUT2D eigenvalue weighted by Gasteiger charge is 2.20. The summed E-state index contributed by atoms with van der Waals surface area (Å²) in [4.78, 5) is 2.52. The molecule has 1 aliphatic rings. The first kappa shape index (κ1) is 12.0. The maximum absolute atomic E-state index is 5.58. The topological polar surface area (TPSA) is 42.4 Å². The van der Waals surface area contributed by atoms with Gasteiger partial charge in [0.25, 0.3) is 0 Å². The Hall–Kier alpha value is -0.450. The van der Waals surface area contributed by atoms with Crippen LogP contribution in [0.1, 0.15) is 24.0 Å². The molecule has 90 valence electrons. The van der Waals surface area contributed by atoms with Gasteiger partial charge in [0.05, 0.1) is 6.54 Å². The average Bonchev–Trinajstić information content (AvgIpc) is 2.63. The summed E-state index contributed by atoms with van der Waals surface area (Å²) in [5, 5.41) is 0. The van der Waals surface area contributed by atoms with Crippen molar-refractivity contribution < 1.29 is 4.42 Å². The Labute approximate surface area is 101 Å². The molecule has 1 unspecified atom stereocenters. The van der Waals surface area contributed by atoms with Crippen molar-refractivity contribution in [3.05, 3.63) is 23.2 Å². The standard InChI is InChI=1S/C12H20N2OS/c1-9-8-16-4-3-14(9)7-11-5-12(6-13)15-10(11)2/h5,9H,3-4,6-8,13H2,1-2H3. The zero-order valence-corrected chi connectivity index (χ0v) is 10.8. The number of furan rings is 1. The number of nitrogens with zero attached hydrogens (tertiary/aromatic N) is 1. The average molecular weight is 240 g/mol. The van der Waals surface area contributed by atoms with Gasteiger partial charge in [0.1, 0.15) is 11.5 Å². The van der Waals surface area contributed by atoms with E-state index in [0.29, 0.717) is 12.6 Å². The lowest BCUT2D eigenvalue weighted by Crippen LogP contribution is -2.39. The van der Waals surface area contributed by atoms with Gasteiger partial charge in [0.15, 0.2) is 0 Å². The van der Waals surface area contributed by atoms with E-state index in [9.17, 15) is 0 Å². The lowest BCUT2D eigenvalue weighted by Gasteiger charge is -2.32. The number of nitrogens with two attached hydrogens (primary N) is 1. The monoisotopic (exact) mass is 240 g/mol. The SMILES string of the molecule is Cc1oc(CN)cc1CN1CCSCC1C. The van der Waals surface area contributed by atoms with E-state index >= 15 is 0 Å². The number of aryl methyl sites for hydroxylation is 1. The first-order chi connectivity index (χ1) is 7.70. The quantitative estimate of drug-likeness (QED) is 0.877. The van der Waals surface area contributed by atoms with Crippen molar-refractivity contribution in [1.82, 2.24) is 4.90 Å². The third kappa shape index (κ3) is 2.62. The molecule has 1 atom stereocenters. The normalized spacial score (nSPS) is 22.6. The fraction of sp³-hybridized carbons (Fsp3) is 0.667. The molecule has 1 aromatic rings. The molecule has 0 radical (unpaired) electrons. The second kappa shape index (κ2) is 5.25. The van der Waals surface area contributed by atoms with E-state index in [1.165, 1.54) is 23.6 Å². The summed E-state index contributed by atoms with van der Waals surface area (Å²) < 4.78 is 5.58. The van der Waals surface area contributed by atoms with Crippen LogP contribution in [0.25, 0.3) is 0 Å². The van der Waals surface area contributed by atoms with Gasteiger partial charge >= 0.3 is 0 Å². The smallest absolute Gasteiger partial charge is 0.118 e. The molecule has 0 saturated carbocycles. The van der Waals surface area contributed by atoms with Crippen molar-refractivity contribution in [2.24, 2.45) is 5.73 Å². The number of thioether (sulfide) groups is 1. The van der Waals surface area contributed by atoms with Crippen LogP contribution in [0.4, 0.5) is 0 Å². The summed E-state index contributed by atoms with van der Waals surface area (Å²) in [6.07, 6.45) is 0. The molecule has 2 N–H and O–H groups in total. The zero-order valence-electron chi connectivity index (χ0n) is 10.0. The van der Waals surface area contributed by atoms with Crippen molar-refractivity contribution in [1.29, 1.82) is 0 Å². The Morgan fingerprint density at radius 1 is 1.62 bits per heavy atom. The fourth-order valence-electron chi connectivity index (χ4n) is 2.06. The molecule has 2 rings (SSSR count). The summed E-state index contributed by atoms with van der Waals surface area (Å²) >= 11 is 2.05. The van der Waals surface area contributed by atoms with Gasteiger partial charge in [-0.3, -0.25) is 4.90 Å². The molecule has 1 aliphatic heterocycles. The van der Waals surface area contributed by atoms with Crippen LogP contribution >= 0.6 is 11.8 Å². The van der Waals surface area contributed by atoms with Crippen LogP contribution in [0.3, 0.4) is 0 Å². The predicted molar refractivity (Wildman–Crippen MR) is 68.5 cm³/mol. The van der Waals surface area contributed by atoms with Crippen LogP contribution in [0.5, 0.6) is 0 Å². The second-order valence-corrected chi connectivity index (χ2v) is 5.54. The lowest BCUT2D eigenvalue weighted by atomic mass is 10.2. The zero-order chi connectivity index (χ0) is 11.5. The van der Waals surface area contributed by atoms with E-state index in [0.717, 1.165) is 18.1 Å². The van der Waals surface area contributed by atoms with E-state index < -0.39 is 0 Å². The number of hydrogen-bond acceptors (Lipinski definition) is 4. The van der Waals surface area contributed by atoms with Crippen LogP contribution in [-0.4, -0.2) is 29.0 Å². The molecular formula is C12H20N2OS. The highest BCUT2D eigenvalue weighted by molar-refractivity contribution is 7.99. The van der Waals surface area contributed by atoms with Crippen LogP contribution in [0.15, 0.2) is 10.5 Å². The maximum Gasteiger partial charge on any atom is 0.118 e. The molecule has 0 aromatic carbocycles. The van der Waals surface area contributed by atoms with Crippen molar-refractivity contribution in [2.45, 2.75) is 33.0 Å². The summed E-state index contributed by atoms with van der Waals surface area (Å²) in [6.45, 7) is 6.99. The number of hydrogen-bond donors (Lipinski definition) is 1. The van der Waals surface area contributed by atoms with Crippen LogP contribution in [0, 0.1) is 6.92 Å². The van der Waals surface area contributed by atoms with Crippen molar-refractivity contribution >= 4 is 11.8 Å². The molecular weight excluding hydrogens is 220 g/mol. The summed E-state index contributed by atoms with van der Waals surface area (Å²) in [6, 6.07) is 2.76. The Morgan fingerprint density at radius 3 is 3.06 bits per heavy atom. The molecule has 1 fully saturated rings. The van der Waals surface area contributed by atoms with Gasteiger partial charge in [-0.1, -0.05) is 0 Å². The molecule has 2 heterocycles. The molecule has 0 bridgehead atoms. The van der Waals surface area contributed by atoms with Crippen LogP contribution < -0.4 is 5.73 Å². The van der Waals surface area contributed by atoms with E-state index in [4.69, 9.17) is 10.2 Å². The van der Waals surface area contributed by atoms with Crippen LogP contribution in [-0.2, 0) is 13.1 Å². The Balaban J connectivity index is 2.04. The van der Waals surface area contributed by atoms with Gasteiger partial charge in [-0.15, -0.1) is 0 Å². The summed E-state index contributed by atoms with van der Waals surface area (Å²) in [7, 11) is 0. The Morgan fingerprint density at radius 2 is 2.44 bits per heavy atom. The first-order valence-corrected chi connectivity index (χ1v) is 6.96. The minimum atomic E-state index is 0.492. The van der Waals surface area contributed by atoms with Gasteiger partial charge in [0.2, 0.25) is 0 Å². The molecule has 0 aliphatic carbocycles. The minimum Gasteiger partial charge on any atom is -0.465 e. The number of rotatable bonds is 3. The molecule has 4 heteroatoms. The molecule has 0 amide bonds. The molecule has 3 nitrogen and oxygen atoms in total. The largest absolute Gasteiger partial charge is 0.465 e. The van der Waals surface area contributed by atoms with Crippen molar-refractivity contribution in [3.8, 4) is 0 Å². The molecule has 1 saturated heterocycles. The Bertz CT molecular complexity index is 351.